The quantitative estimate of drug-likeness (QED) is 0.0307. The molecule has 0 unspecified atom stereocenters. The van der Waals surface area contributed by atoms with Crippen molar-refractivity contribution in [3.05, 3.63) is 107 Å². The Labute approximate surface area is 505 Å². The number of anilines is 2. The Hall–Kier alpha value is -7.49. The van der Waals surface area contributed by atoms with E-state index in [4.69, 9.17) is 32.8 Å². The normalized spacial score (nSPS) is 15.8. The largest absolute Gasteiger partial charge is 0.491 e. The zero-order valence-corrected chi connectivity index (χ0v) is 51.0. The van der Waals surface area contributed by atoms with E-state index in [1.54, 1.807) is 32.1 Å². The number of amides is 5. The number of carbonyl (C=O) groups is 5. The van der Waals surface area contributed by atoms with Crippen LogP contribution in [0.25, 0.3) is 11.5 Å². The van der Waals surface area contributed by atoms with Crippen LogP contribution >= 0.6 is 0 Å². The number of halogens is 3. The first-order chi connectivity index (χ1) is 41.4. The van der Waals surface area contributed by atoms with Crippen LogP contribution in [0.15, 0.2) is 77.7 Å². The zero-order chi connectivity index (χ0) is 62.9. The highest BCUT2D eigenvalue weighted by molar-refractivity contribution is 6.03. The molecule has 2 aliphatic rings. The number of oxazole rings is 1. The van der Waals surface area contributed by atoms with Gasteiger partial charge in [0, 0.05) is 51.1 Å². The highest BCUT2D eigenvalue weighted by atomic mass is 19.4. The molecule has 5 N–H and O–H groups in total. The van der Waals surface area contributed by atoms with Crippen LogP contribution in [0.5, 0.6) is 5.75 Å². The first kappa shape index (κ1) is 67.0. The molecule has 0 bridgehead atoms. The van der Waals surface area contributed by atoms with Gasteiger partial charge in [0.2, 0.25) is 23.6 Å². The molecule has 5 aromatic rings. The number of fused-ring (bicyclic) bond motifs is 2. The fourth-order valence-electron chi connectivity index (χ4n) is 9.73. The summed E-state index contributed by atoms with van der Waals surface area (Å²) in [5.41, 5.74) is 3.37. The van der Waals surface area contributed by atoms with E-state index in [1.807, 2.05) is 51.1 Å². The van der Waals surface area contributed by atoms with E-state index in [-0.39, 0.29) is 59.9 Å². The van der Waals surface area contributed by atoms with E-state index in [1.165, 1.54) is 49.3 Å². The Morgan fingerprint density at radius 3 is 2.22 bits per heavy atom. The number of likely N-dealkylation sites (N-methyl/N-ethyl adjacent to an activating group) is 1. The number of benzene rings is 2. The fraction of sp³-hybridized carbons (Fsp3) is 0.541. The molecule has 0 radical (unpaired) electrons. The molecule has 3 aromatic heterocycles. The van der Waals surface area contributed by atoms with Gasteiger partial charge in [-0.15, -0.1) is 0 Å². The van der Waals surface area contributed by atoms with Gasteiger partial charge in [0.05, 0.1) is 76.3 Å². The maximum absolute atomic E-state index is 14.7. The number of ether oxygens (including phenoxy) is 6. The predicted molar refractivity (Wildman–Crippen MR) is 316 cm³/mol. The van der Waals surface area contributed by atoms with Crippen molar-refractivity contribution in [1.29, 1.82) is 0 Å². The third-order valence-electron chi connectivity index (χ3n) is 14.2. The smallest absolute Gasteiger partial charge is 0.416 e. The number of aromatic nitrogens is 4. The number of alkyl halides is 3. The monoisotopic (exact) mass is 1220 g/mol. The maximum Gasteiger partial charge on any atom is 0.416 e. The molecule has 2 aromatic carbocycles. The molecular formula is C61H82F3N11O12. The van der Waals surface area contributed by atoms with Gasteiger partial charge in [-0.3, -0.25) is 28.8 Å². The minimum absolute atomic E-state index is 0.0964. The first-order valence-corrected chi connectivity index (χ1v) is 29.1. The average molecular weight is 1220 g/mol. The highest BCUT2D eigenvalue weighted by Crippen LogP contribution is 2.34. The molecule has 1 aliphatic heterocycles. The first-order valence-electron chi connectivity index (χ1n) is 29.1. The maximum atomic E-state index is 14.7. The standard InChI is InChI=1S/C61H82F3N11O12/c1-39(65-8)53(76)71-52(59(2,3)4)57(79)74-35-43-31-44(18-17-41(43)32-50(74)55(78)68-46-16-12-14-40-13-10-11-15-45(40)46)85-30-29-84-28-27-83-26-25-82-24-23-81-22-21-66-34-47-48(36-73(9)72-47)69-54(77)49-37-86-56(70-49)42-19-20-67-51(33-42)75(38-61(62,63)64)58(80)87-60(5,6)7/h10-11,13,15,17-20,31,33,36-37,39,46,50,52,65-66H,12,14,16,21-30,32,34-35,38H2,1-9H3,(H,68,78)(H,69,77)(H,71,76)/t39-,46+,50-,52+/m0/s1. The zero-order valence-electron chi connectivity index (χ0n) is 51.0. The number of nitrogens with one attached hydrogen (secondary N) is 5. The summed E-state index contributed by atoms with van der Waals surface area (Å²) in [6, 6.07) is 14.1. The number of hydrogen-bond donors (Lipinski definition) is 5. The van der Waals surface area contributed by atoms with Gasteiger partial charge < -0.3 is 64.3 Å². The molecule has 4 heterocycles. The molecule has 26 heteroatoms. The van der Waals surface area contributed by atoms with Gasteiger partial charge in [-0.05, 0) is 106 Å². The van der Waals surface area contributed by atoms with Gasteiger partial charge in [-0.25, -0.2) is 14.8 Å². The summed E-state index contributed by atoms with van der Waals surface area (Å²) in [5, 5.41) is 19.6. The molecule has 0 saturated carbocycles. The lowest BCUT2D eigenvalue weighted by atomic mass is 9.83. The van der Waals surface area contributed by atoms with Gasteiger partial charge in [-0.1, -0.05) is 51.1 Å². The molecule has 23 nitrogen and oxygen atoms in total. The average Bonchev–Trinajstić information content (AvgIpc) is 1.66. The predicted octanol–water partition coefficient (Wildman–Crippen LogP) is 6.85. The summed E-state index contributed by atoms with van der Waals surface area (Å²) < 4.78 is 81.5. The van der Waals surface area contributed by atoms with E-state index < -0.39 is 53.9 Å². The van der Waals surface area contributed by atoms with E-state index in [0.29, 0.717) is 94.4 Å². The van der Waals surface area contributed by atoms with E-state index in [9.17, 15) is 37.1 Å². The fourth-order valence-corrected chi connectivity index (χ4v) is 9.73. The second-order valence-electron chi connectivity index (χ2n) is 23.3. The summed E-state index contributed by atoms with van der Waals surface area (Å²) in [4.78, 5) is 78.4. The van der Waals surface area contributed by atoms with Crippen molar-refractivity contribution in [2.45, 2.75) is 123 Å². The second-order valence-corrected chi connectivity index (χ2v) is 23.3. The van der Waals surface area contributed by atoms with Crippen LogP contribution in [0, 0.1) is 5.41 Å². The Kier molecular flexibility index (Phi) is 23.8. The van der Waals surface area contributed by atoms with Crippen molar-refractivity contribution >= 4 is 41.2 Å². The Balaban J connectivity index is 0.768. The highest BCUT2D eigenvalue weighted by Gasteiger charge is 2.43. The van der Waals surface area contributed by atoms with Gasteiger partial charge >= 0.3 is 12.3 Å². The SMILES string of the molecule is CN[C@@H](C)C(=O)N[C@H](C(=O)N1Cc2cc(OCCOCCOCCOCCOCCNCc3nn(C)cc3NC(=O)c3coc(-c4ccnc(N(CC(F)(F)F)C(=O)OC(C)(C)C)c4)n3)ccc2C[C@H]1C(=O)N[C@@H]1CCCc2ccccc21)C(C)(C)C. The van der Waals surface area contributed by atoms with Crippen LogP contribution in [-0.4, -0.2) is 164 Å². The van der Waals surface area contributed by atoms with E-state index in [2.05, 4.69) is 53.8 Å². The Morgan fingerprint density at radius 2 is 1.54 bits per heavy atom. The van der Waals surface area contributed by atoms with E-state index in [0.717, 1.165) is 42.2 Å². The molecule has 0 saturated heterocycles. The van der Waals surface area contributed by atoms with Crippen LogP contribution in [0.3, 0.4) is 0 Å². The van der Waals surface area contributed by atoms with Crippen LogP contribution in [0.4, 0.5) is 29.5 Å². The van der Waals surface area contributed by atoms with Crippen LogP contribution in [0.1, 0.15) is 106 Å². The third kappa shape index (κ3) is 20.0. The van der Waals surface area contributed by atoms with Crippen LogP contribution in [0.2, 0.25) is 0 Å². The van der Waals surface area contributed by atoms with Crippen molar-refractivity contribution < 1.29 is 70.0 Å². The van der Waals surface area contributed by atoms with E-state index >= 15 is 0 Å². The van der Waals surface area contributed by atoms with Crippen molar-refractivity contribution in [1.82, 2.24) is 45.9 Å². The lowest BCUT2D eigenvalue weighted by Crippen LogP contribution is -2.62. The molecule has 474 valence electrons. The third-order valence-corrected chi connectivity index (χ3v) is 14.2. The lowest BCUT2D eigenvalue weighted by Gasteiger charge is -2.41. The minimum Gasteiger partial charge on any atom is -0.491 e. The Morgan fingerprint density at radius 1 is 0.851 bits per heavy atom. The van der Waals surface area contributed by atoms with Crippen molar-refractivity contribution in [3.8, 4) is 17.2 Å². The summed E-state index contributed by atoms with van der Waals surface area (Å²) in [5.74, 6) is -1.35. The van der Waals surface area contributed by atoms with Crippen molar-refractivity contribution in [2.75, 3.05) is 89.8 Å². The van der Waals surface area contributed by atoms with Crippen LogP contribution < -0.4 is 36.2 Å². The number of aryl methyl sites for hydroxylation is 2. The minimum atomic E-state index is -4.76. The number of nitrogens with zero attached hydrogens (tertiary/aromatic N) is 6. The lowest BCUT2D eigenvalue weighted by molar-refractivity contribution is -0.147. The number of hydrogen-bond acceptors (Lipinski definition) is 17. The van der Waals surface area contributed by atoms with Gasteiger partial charge in [0.15, 0.2) is 5.69 Å². The van der Waals surface area contributed by atoms with Crippen molar-refractivity contribution in [3.63, 3.8) is 0 Å². The molecule has 5 amide bonds. The summed E-state index contributed by atoms with van der Waals surface area (Å²) in [6.07, 6.45) is 0.906. The summed E-state index contributed by atoms with van der Waals surface area (Å²) >= 11 is 0. The van der Waals surface area contributed by atoms with Crippen LogP contribution in [-0.2, 0) is 71.0 Å². The summed E-state index contributed by atoms with van der Waals surface area (Å²) in [6.45, 7) is 14.4. The summed E-state index contributed by atoms with van der Waals surface area (Å²) in [7, 11) is 3.38. The topological polar surface area (TPSA) is 264 Å². The van der Waals surface area contributed by atoms with Gasteiger partial charge in [0.25, 0.3) is 5.91 Å². The molecular weight excluding hydrogens is 1140 g/mol. The second kappa shape index (κ2) is 30.9. The Bertz CT molecular complexity index is 3110. The number of rotatable bonds is 29. The molecule has 7 rings (SSSR count). The number of pyridine rings is 1. The van der Waals surface area contributed by atoms with Gasteiger partial charge in [0.1, 0.15) is 48.7 Å². The molecule has 1 aliphatic carbocycles. The number of carbonyl (C=O) groups excluding carboxylic acids is 5. The molecule has 87 heavy (non-hydrogen) atoms. The molecule has 0 fully saturated rings. The molecule has 4 atom stereocenters. The van der Waals surface area contributed by atoms with Gasteiger partial charge in [-0.2, -0.15) is 18.3 Å². The molecule has 0 spiro atoms. The van der Waals surface area contributed by atoms with Crippen molar-refractivity contribution in [2.24, 2.45) is 12.5 Å².